The van der Waals surface area contributed by atoms with Gasteiger partial charge in [-0.05, 0) is 55.7 Å². The van der Waals surface area contributed by atoms with E-state index < -0.39 is 0 Å². The van der Waals surface area contributed by atoms with Gasteiger partial charge in [0.25, 0.3) is 5.91 Å². The lowest BCUT2D eigenvalue weighted by Gasteiger charge is -2.29. The van der Waals surface area contributed by atoms with Crippen molar-refractivity contribution in [3.63, 3.8) is 0 Å². The zero-order chi connectivity index (χ0) is 23.8. The van der Waals surface area contributed by atoms with E-state index in [2.05, 4.69) is 42.9 Å². The fourth-order valence-corrected chi connectivity index (χ4v) is 4.40. The summed E-state index contributed by atoms with van der Waals surface area (Å²) in [6.07, 6.45) is 4.57. The van der Waals surface area contributed by atoms with Gasteiger partial charge in [0.05, 0.1) is 6.10 Å². The van der Waals surface area contributed by atoms with Crippen molar-refractivity contribution in [2.45, 2.75) is 52.1 Å². The second-order valence-corrected chi connectivity index (χ2v) is 10.2. The van der Waals surface area contributed by atoms with E-state index in [0.717, 1.165) is 33.6 Å². The van der Waals surface area contributed by atoms with Gasteiger partial charge < -0.3 is 10.0 Å². The number of hydrogen-bond donors (Lipinski definition) is 1. The molecule has 5 nitrogen and oxygen atoms in total. The van der Waals surface area contributed by atoms with Crippen LogP contribution in [-0.2, 0) is 5.41 Å². The molecule has 1 aliphatic heterocycles. The van der Waals surface area contributed by atoms with E-state index in [1.165, 1.54) is 0 Å². The minimum atomic E-state index is -0.317. The van der Waals surface area contributed by atoms with Crippen molar-refractivity contribution >= 4 is 17.5 Å². The average Bonchev–Trinajstić information content (AvgIpc) is 2.79. The Labute approximate surface area is 200 Å². The molecule has 0 spiro atoms. The first-order chi connectivity index (χ1) is 15.6. The van der Waals surface area contributed by atoms with Gasteiger partial charge in [-0.25, -0.2) is 0 Å². The van der Waals surface area contributed by atoms with Crippen molar-refractivity contribution in [1.82, 2.24) is 14.9 Å². The summed E-state index contributed by atoms with van der Waals surface area (Å²) in [5.74, 6) is -0.0513. The maximum Gasteiger partial charge on any atom is 0.253 e. The minimum Gasteiger partial charge on any atom is -0.393 e. The number of aromatic nitrogens is 2. The Balaban J connectivity index is 1.65. The van der Waals surface area contributed by atoms with Gasteiger partial charge in [-0.1, -0.05) is 38.4 Å². The molecule has 0 saturated carbocycles. The SMILES string of the molecule is Cc1ncc(-c2ccc(C(=O)N3CCC(O)CC3)cc2Cl)cc1-c1ccnc(C(C)(C)C)c1. The number of rotatable bonds is 3. The van der Waals surface area contributed by atoms with Gasteiger partial charge in [0, 0.05) is 69.6 Å². The van der Waals surface area contributed by atoms with Crippen LogP contribution in [0.3, 0.4) is 0 Å². The van der Waals surface area contributed by atoms with Gasteiger partial charge in [0.15, 0.2) is 0 Å². The lowest BCUT2D eigenvalue weighted by atomic mass is 9.89. The molecule has 0 atom stereocenters. The Hall–Kier alpha value is -2.76. The lowest BCUT2D eigenvalue weighted by molar-refractivity contribution is 0.0546. The molecule has 1 N–H and O–H groups in total. The number of hydrogen-bond acceptors (Lipinski definition) is 4. The number of carbonyl (C=O) groups excluding carboxylic acids is 1. The molecule has 1 fully saturated rings. The third-order valence-corrected chi connectivity index (χ3v) is 6.52. The van der Waals surface area contributed by atoms with Gasteiger partial charge in [0.2, 0.25) is 0 Å². The maximum atomic E-state index is 12.9. The molecule has 3 heterocycles. The summed E-state index contributed by atoms with van der Waals surface area (Å²) in [5.41, 5.74) is 6.30. The summed E-state index contributed by atoms with van der Waals surface area (Å²) in [5, 5.41) is 10.2. The largest absolute Gasteiger partial charge is 0.393 e. The van der Waals surface area contributed by atoms with E-state index in [1.807, 2.05) is 37.5 Å². The number of pyridine rings is 2. The van der Waals surface area contributed by atoms with Crippen LogP contribution in [0.25, 0.3) is 22.3 Å². The topological polar surface area (TPSA) is 66.3 Å². The molecule has 172 valence electrons. The zero-order valence-electron chi connectivity index (χ0n) is 19.6. The molecule has 3 aromatic rings. The van der Waals surface area contributed by atoms with Gasteiger partial charge in [-0.3, -0.25) is 14.8 Å². The number of nitrogens with zero attached hydrogens (tertiary/aromatic N) is 3. The van der Waals surface area contributed by atoms with Gasteiger partial charge in [0.1, 0.15) is 0 Å². The molecule has 33 heavy (non-hydrogen) atoms. The van der Waals surface area contributed by atoms with Crippen molar-refractivity contribution in [1.29, 1.82) is 0 Å². The highest BCUT2D eigenvalue weighted by Crippen LogP contribution is 2.34. The van der Waals surface area contributed by atoms with Gasteiger partial charge in [-0.2, -0.15) is 0 Å². The van der Waals surface area contributed by atoms with Crippen LogP contribution in [0.15, 0.2) is 48.8 Å². The van der Waals surface area contributed by atoms with Crippen LogP contribution in [-0.4, -0.2) is 45.1 Å². The van der Waals surface area contributed by atoms with Crippen LogP contribution in [0.4, 0.5) is 0 Å². The summed E-state index contributed by atoms with van der Waals surface area (Å²) in [7, 11) is 0. The van der Waals surface area contributed by atoms with Crippen LogP contribution >= 0.6 is 11.6 Å². The molecular formula is C27H30ClN3O2. The first kappa shape index (κ1) is 23.4. The molecule has 0 radical (unpaired) electrons. The predicted octanol–water partition coefficient (Wildman–Crippen LogP) is 5.67. The Kier molecular flexibility index (Phi) is 6.55. The number of aryl methyl sites for hydroxylation is 1. The molecule has 1 aliphatic rings. The van der Waals surface area contributed by atoms with E-state index in [0.29, 0.717) is 36.5 Å². The number of halogens is 1. The smallest absolute Gasteiger partial charge is 0.253 e. The quantitative estimate of drug-likeness (QED) is 0.543. The summed E-state index contributed by atoms with van der Waals surface area (Å²) >= 11 is 6.64. The molecule has 2 aromatic heterocycles. The number of benzene rings is 1. The third kappa shape index (κ3) is 5.10. The van der Waals surface area contributed by atoms with E-state index in [4.69, 9.17) is 11.6 Å². The Bertz CT molecular complexity index is 1180. The highest BCUT2D eigenvalue weighted by atomic mass is 35.5. The van der Waals surface area contributed by atoms with Crippen LogP contribution in [0.1, 0.15) is 55.4 Å². The number of carbonyl (C=O) groups is 1. The van der Waals surface area contributed by atoms with Crippen LogP contribution in [0.2, 0.25) is 5.02 Å². The van der Waals surface area contributed by atoms with Gasteiger partial charge in [-0.15, -0.1) is 0 Å². The standard InChI is InChI=1S/C27H30ClN3O2/c1-17-23(18-7-10-29-25(15-18)27(2,3)4)13-20(16-30-17)22-6-5-19(14-24(22)28)26(33)31-11-8-21(32)9-12-31/h5-7,10,13-16,21,32H,8-9,11-12H2,1-4H3. The fourth-order valence-electron chi connectivity index (χ4n) is 4.11. The van der Waals surface area contributed by atoms with E-state index in [9.17, 15) is 9.90 Å². The van der Waals surface area contributed by atoms with Crippen molar-refractivity contribution in [2.75, 3.05) is 13.1 Å². The van der Waals surface area contributed by atoms with Gasteiger partial charge >= 0.3 is 0 Å². The fraction of sp³-hybridized carbons (Fsp3) is 0.370. The number of likely N-dealkylation sites (tertiary alicyclic amines) is 1. The summed E-state index contributed by atoms with van der Waals surface area (Å²) < 4.78 is 0. The minimum absolute atomic E-state index is 0.0485. The number of aliphatic hydroxyl groups is 1. The first-order valence-electron chi connectivity index (χ1n) is 11.3. The van der Waals surface area contributed by atoms with E-state index in [-0.39, 0.29) is 17.4 Å². The second-order valence-electron chi connectivity index (χ2n) is 9.75. The monoisotopic (exact) mass is 463 g/mol. The number of amides is 1. The summed E-state index contributed by atoms with van der Waals surface area (Å²) in [6, 6.07) is 11.7. The van der Waals surface area contributed by atoms with E-state index >= 15 is 0 Å². The van der Waals surface area contributed by atoms with Crippen molar-refractivity contribution in [3.05, 3.63) is 70.8 Å². The van der Waals surface area contributed by atoms with Crippen LogP contribution < -0.4 is 0 Å². The predicted molar refractivity (Wildman–Crippen MR) is 132 cm³/mol. The molecule has 6 heteroatoms. The highest BCUT2D eigenvalue weighted by Gasteiger charge is 2.23. The Morgan fingerprint density at radius 3 is 2.42 bits per heavy atom. The third-order valence-electron chi connectivity index (χ3n) is 6.21. The Morgan fingerprint density at radius 2 is 1.76 bits per heavy atom. The molecule has 4 rings (SSSR count). The van der Waals surface area contributed by atoms with E-state index in [1.54, 1.807) is 11.0 Å². The van der Waals surface area contributed by atoms with Crippen molar-refractivity contribution in [3.8, 4) is 22.3 Å². The van der Waals surface area contributed by atoms with Crippen molar-refractivity contribution < 1.29 is 9.90 Å². The number of piperidine rings is 1. The molecule has 0 aliphatic carbocycles. The molecule has 1 amide bonds. The van der Waals surface area contributed by atoms with Crippen molar-refractivity contribution in [2.24, 2.45) is 0 Å². The normalized spacial score (nSPS) is 15.0. The molecule has 1 aromatic carbocycles. The lowest BCUT2D eigenvalue weighted by Crippen LogP contribution is -2.40. The molecule has 0 bridgehead atoms. The summed E-state index contributed by atoms with van der Waals surface area (Å²) in [4.78, 5) is 23.8. The second kappa shape index (κ2) is 9.24. The first-order valence-corrected chi connectivity index (χ1v) is 11.7. The average molecular weight is 464 g/mol. The van der Waals surface area contributed by atoms with Crippen LogP contribution in [0, 0.1) is 6.92 Å². The van der Waals surface area contributed by atoms with Crippen LogP contribution in [0.5, 0.6) is 0 Å². The Morgan fingerprint density at radius 1 is 1.03 bits per heavy atom. The molecule has 1 saturated heterocycles. The number of aliphatic hydroxyl groups excluding tert-OH is 1. The molecule has 0 unspecified atom stereocenters. The zero-order valence-corrected chi connectivity index (χ0v) is 20.4. The maximum absolute atomic E-state index is 12.9. The summed E-state index contributed by atoms with van der Waals surface area (Å²) in [6.45, 7) is 9.56. The highest BCUT2D eigenvalue weighted by molar-refractivity contribution is 6.33. The molecular weight excluding hydrogens is 434 g/mol.